The van der Waals surface area contributed by atoms with E-state index in [9.17, 15) is 4.39 Å². The maximum Gasteiger partial charge on any atom is 0.129 e. The molecule has 2 nitrogen and oxygen atoms in total. The largest absolute Gasteiger partial charge is 0.368 e. The van der Waals surface area contributed by atoms with Gasteiger partial charge in [0.05, 0.1) is 0 Å². The molecule has 0 bridgehead atoms. The van der Waals surface area contributed by atoms with E-state index in [4.69, 9.17) is 0 Å². The summed E-state index contributed by atoms with van der Waals surface area (Å²) in [6.07, 6.45) is 0. The first-order chi connectivity index (χ1) is 8.13. The third-order valence-corrected chi connectivity index (χ3v) is 4.09. The molecule has 17 heavy (non-hydrogen) atoms. The standard InChI is InChI=1S/C13H18BrFN2/c1-10-9-17(7-6-16(10)2)13-5-3-4-12(15)11(13)8-14/h3-5,10H,6-9H2,1-2H3. The van der Waals surface area contributed by atoms with Crippen LogP contribution in [0.3, 0.4) is 0 Å². The Balaban J connectivity index is 2.25. The van der Waals surface area contributed by atoms with Crippen molar-refractivity contribution in [1.29, 1.82) is 0 Å². The molecule has 1 heterocycles. The predicted molar refractivity (Wildman–Crippen MR) is 73.3 cm³/mol. The lowest BCUT2D eigenvalue weighted by atomic mass is 10.1. The fourth-order valence-corrected chi connectivity index (χ4v) is 2.80. The molecule has 1 atom stereocenters. The summed E-state index contributed by atoms with van der Waals surface area (Å²) in [7, 11) is 2.14. The molecule has 0 N–H and O–H groups in total. The molecule has 1 aliphatic rings. The number of benzene rings is 1. The number of hydrogen-bond acceptors (Lipinski definition) is 2. The quantitative estimate of drug-likeness (QED) is 0.775. The number of nitrogens with zero attached hydrogens (tertiary/aromatic N) is 2. The molecule has 1 aromatic carbocycles. The maximum absolute atomic E-state index is 13.7. The molecule has 0 saturated carbocycles. The zero-order chi connectivity index (χ0) is 12.4. The van der Waals surface area contributed by atoms with Crippen LogP contribution in [0.1, 0.15) is 12.5 Å². The van der Waals surface area contributed by atoms with Crippen LogP contribution in [0.15, 0.2) is 18.2 Å². The van der Waals surface area contributed by atoms with Gasteiger partial charge in [-0.3, -0.25) is 0 Å². The highest BCUT2D eigenvalue weighted by atomic mass is 79.9. The molecule has 0 aliphatic carbocycles. The van der Waals surface area contributed by atoms with Gasteiger partial charge in [-0.05, 0) is 26.1 Å². The van der Waals surface area contributed by atoms with Gasteiger partial charge in [-0.25, -0.2) is 4.39 Å². The summed E-state index contributed by atoms with van der Waals surface area (Å²) in [5, 5.41) is 0.565. The number of halogens is 2. The third kappa shape index (κ3) is 2.63. The van der Waals surface area contributed by atoms with Crippen molar-refractivity contribution < 1.29 is 4.39 Å². The molecule has 1 fully saturated rings. The van der Waals surface area contributed by atoms with E-state index < -0.39 is 0 Å². The molecule has 0 aromatic heterocycles. The maximum atomic E-state index is 13.7. The molecule has 1 aliphatic heterocycles. The molecule has 0 spiro atoms. The fraction of sp³-hybridized carbons (Fsp3) is 0.538. The van der Waals surface area contributed by atoms with E-state index in [0.717, 1.165) is 30.9 Å². The Morgan fingerprint density at radius 3 is 2.82 bits per heavy atom. The Hall–Kier alpha value is -0.610. The molecule has 1 saturated heterocycles. The minimum atomic E-state index is -0.119. The van der Waals surface area contributed by atoms with E-state index in [1.54, 1.807) is 6.07 Å². The summed E-state index contributed by atoms with van der Waals surface area (Å²) in [5.41, 5.74) is 1.80. The van der Waals surface area contributed by atoms with Crippen LogP contribution < -0.4 is 4.90 Å². The highest BCUT2D eigenvalue weighted by Crippen LogP contribution is 2.27. The van der Waals surface area contributed by atoms with E-state index >= 15 is 0 Å². The van der Waals surface area contributed by atoms with E-state index in [1.807, 2.05) is 6.07 Å². The van der Waals surface area contributed by atoms with E-state index in [0.29, 0.717) is 11.4 Å². The van der Waals surface area contributed by atoms with Crippen LogP contribution in [0.5, 0.6) is 0 Å². The number of piperazine rings is 1. The average molecular weight is 301 g/mol. The van der Waals surface area contributed by atoms with Crippen LogP contribution in [0.2, 0.25) is 0 Å². The lowest BCUT2D eigenvalue weighted by Crippen LogP contribution is -2.50. The minimum absolute atomic E-state index is 0.119. The molecule has 1 aromatic rings. The first kappa shape index (κ1) is 12.8. The minimum Gasteiger partial charge on any atom is -0.368 e. The second-order valence-electron chi connectivity index (χ2n) is 4.65. The first-order valence-corrected chi connectivity index (χ1v) is 7.04. The Bertz CT molecular complexity index is 397. The van der Waals surface area contributed by atoms with Gasteiger partial charge in [0.2, 0.25) is 0 Å². The van der Waals surface area contributed by atoms with Crippen molar-refractivity contribution in [2.75, 3.05) is 31.6 Å². The summed E-state index contributed by atoms with van der Waals surface area (Å²) >= 11 is 3.38. The number of likely N-dealkylation sites (N-methyl/N-ethyl adjacent to an activating group) is 1. The lowest BCUT2D eigenvalue weighted by Gasteiger charge is -2.39. The molecule has 0 radical (unpaired) electrons. The average Bonchev–Trinajstić information content (AvgIpc) is 2.32. The van der Waals surface area contributed by atoms with Crippen LogP contribution in [-0.2, 0) is 5.33 Å². The van der Waals surface area contributed by atoms with Gasteiger partial charge in [-0.15, -0.1) is 0 Å². The van der Waals surface area contributed by atoms with Gasteiger partial charge in [-0.2, -0.15) is 0 Å². The van der Waals surface area contributed by atoms with Crippen molar-refractivity contribution in [3.05, 3.63) is 29.6 Å². The van der Waals surface area contributed by atoms with Crippen LogP contribution in [-0.4, -0.2) is 37.6 Å². The first-order valence-electron chi connectivity index (χ1n) is 5.92. The van der Waals surface area contributed by atoms with Crippen molar-refractivity contribution in [2.24, 2.45) is 0 Å². The van der Waals surface area contributed by atoms with Crippen LogP contribution in [0.25, 0.3) is 0 Å². The molecule has 4 heteroatoms. The third-order valence-electron chi connectivity index (χ3n) is 3.53. The molecule has 0 amide bonds. The lowest BCUT2D eigenvalue weighted by molar-refractivity contribution is 0.234. The van der Waals surface area contributed by atoms with E-state index in [-0.39, 0.29) is 5.82 Å². The summed E-state index contributed by atoms with van der Waals surface area (Å²) in [6, 6.07) is 5.84. The highest BCUT2D eigenvalue weighted by Gasteiger charge is 2.22. The number of hydrogen-bond donors (Lipinski definition) is 0. The SMILES string of the molecule is CC1CN(c2cccc(F)c2CBr)CCN1C. The fourth-order valence-electron chi connectivity index (χ4n) is 2.24. The van der Waals surface area contributed by atoms with Crippen LogP contribution >= 0.6 is 15.9 Å². The monoisotopic (exact) mass is 300 g/mol. The van der Waals surface area contributed by atoms with Crippen molar-refractivity contribution in [2.45, 2.75) is 18.3 Å². The van der Waals surface area contributed by atoms with Gasteiger partial charge in [0.1, 0.15) is 5.82 Å². The molecular formula is C13H18BrFN2. The van der Waals surface area contributed by atoms with Crippen molar-refractivity contribution in [3.63, 3.8) is 0 Å². The molecule has 1 unspecified atom stereocenters. The Labute approximate surface area is 111 Å². The van der Waals surface area contributed by atoms with Gasteiger partial charge in [0.25, 0.3) is 0 Å². The Morgan fingerprint density at radius 2 is 2.18 bits per heavy atom. The smallest absolute Gasteiger partial charge is 0.129 e. The van der Waals surface area contributed by atoms with Gasteiger partial charge < -0.3 is 9.80 Å². The van der Waals surface area contributed by atoms with Crippen molar-refractivity contribution >= 4 is 21.6 Å². The Kier molecular flexibility index (Phi) is 4.05. The molecule has 94 valence electrons. The number of anilines is 1. The topological polar surface area (TPSA) is 6.48 Å². The van der Waals surface area contributed by atoms with Crippen LogP contribution in [0, 0.1) is 5.82 Å². The van der Waals surface area contributed by atoms with Crippen LogP contribution in [0.4, 0.5) is 10.1 Å². The van der Waals surface area contributed by atoms with E-state index in [2.05, 4.69) is 39.7 Å². The van der Waals surface area contributed by atoms with Gasteiger partial charge in [0, 0.05) is 42.3 Å². The normalized spacial score (nSPS) is 21.9. The molecule has 2 rings (SSSR count). The summed E-state index contributed by atoms with van der Waals surface area (Å²) in [6.45, 7) is 5.16. The zero-order valence-corrected chi connectivity index (χ0v) is 11.9. The summed E-state index contributed by atoms with van der Waals surface area (Å²) in [4.78, 5) is 4.62. The predicted octanol–water partition coefficient (Wildman–Crippen LogP) is 2.86. The van der Waals surface area contributed by atoms with Gasteiger partial charge in [-0.1, -0.05) is 22.0 Å². The van der Waals surface area contributed by atoms with Gasteiger partial charge >= 0.3 is 0 Å². The van der Waals surface area contributed by atoms with Crippen molar-refractivity contribution in [1.82, 2.24) is 4.90 Å². The second kappa shape index (κ2) is 5.36. The van der Waals surface area contributed by atoms with Gasteiger partial charge in [0.15, 0.2) is 0 Å². The number of alkyl halides is 1. The van der Waals surface area contributed by atoms with E-state index in [1.165, 1.54) is 6.07 Å². The second-order valence-corrected chi connectivity index (χ2v) is 5.21. The van der Waals surface area contributed by atoms with Crippen molar-refractivity contribution in [3.8, 4) is 0 Å². The number of rotatable bonds is 2. The molecular weight excluding hydrogens is 283 g/mol. The zero-order valence-electron chi connectivity index (χ0n) is 10.3. The Morgan fingerprint density at radius 1 is 1.41 bits per heavy atom. The highest BCUT2D eigenvalue weighted by molar-refractivity contribution is 9.08. The summed E-state index contributed by atoms with van der Waals surface area (Å²) < 4.78 is 13.7. The summed E-state index contributed by atoms with van der Waals surface area (Å²) in [5.74, 6) is -0.119.